The van der Waals surface area contributed by atoms with Gasteiger partial charge in [-0.25, -0.2) is 4.98 Å². The summed E-state index contributed by atoms with van der Waals surface area (Å²) < 4.78 is 80.3. The topological polar surface area (TPSA) is 53.4 Å². The summed E-state index contributed by atoms with van der Waals surface area (Å²) >= 11 is 0. The van der Waals surface area contributed by atoms with Crippen molar-refractivity contribution in [2.45, 2.75) is 12.4 Å². The van der Waals surface area contributed by atoms with Crippen molar-refractivity contribution in [1.82, 2.24) is 4.98 Å². The van der Waals surface area contributed by atoms with Crippen LogP contribution < -0.4 is 0 Å². The van der Waals surface area contributed by atoms with E-state index in [1.54, 1.807) is 0 Å². The molecule has 0 fully saturated rings. The maximum absolute atomic E-state index is 13.4. The molecule has 0 unspecified atom stereocenters. The van der Waals surface area contributed by atoms with E-state index in [0.717, 1.165) is 0 Å². The van der Waals surface area contributed by atoms with Crippen molar-refractivity contribution in [1.29, 1.82) is 0 Å². The van der Waals surface area contributed by atoms with Crippen molar-refractivity contribution in [2.24, 2.45) is 0 Å². The molecule has 0 aliphatic carbocycles. The molecule has 0 saturated heterocycles. The summed E-state index contributed by atoms with van der Waals surface area (Å²) in [7, 11) is 0. The van der Waals surface area contributed by atoms with Crippen molar-refractivity contribution >= 4 is 0 Å². The molecule has 4 aromatic rings. The molecular formula is C25H15F6NO2. The lowest BCUT2D eigenvalue weighted by atomic mass is 9.96. The fourth-order valence-electron chi connectivity index (χ4n) is 3.38. The first kappa shape index (κ1) is 23.2. The largest absolute Gasteiger partial charge is 0.508 e. The second-order valence-electron chi connectivity index (χ2n) is 7.51. The van der Waals surface area contributed by atoms with Crippen LogP contribution in [0.4, 0.5) is 26.3 Å². The van der Waals surface area contributed by atoms with Crippen LogP contribution in [0.25, 0.3) is 33.6 Å². The van der Waals surface area contributed by atoms with Crippen LogP contribution in [0.2, 0.25) is 0 Å². The number of aromatic hydroxyl groups is 2. The van der Waals surface area contributed by atoms with E-state index >= 15 is 0 Å². The number of hydrogen-bond acceptors (Lipinski definition) is 3. The van der Waals surface area contributed by atoms with Gasteiger partial charge in [-0.2, -0.15) is 26.3 Å². The molecule has 0 aliphatic heterocycles. The molecule has 9 heteroatoms. The van der Waals surface area contributed by atoms with Gasteiger partial charge in [0.15, 0.2) is 0 Å². The maximum Gasteiger partial charge on any atom is 0.416 e. The number of alkyl halides is 6. The third-order valence-corrected chi connectivity index (χ3v) is 5.07. The summed E-state index contributed by atoms with van der Waals surface area (Å²) in [5, 5.41) is 19.1. The first-order valence-corrected chi connectivity index (χ1v) is 9.81. The van der Waals surface area contributed by atoms with E-state index in [9.17, 15) is 36.6 Å². The van der Waals surface area contributed by atoms with E-state index in [1.165, 1.54) is 60.7 Å². The smallest absolute Gasteiger partial charge is 0.416 e. The predicted octanol–water partition coefficient (Wildman–Crippen LogP) is 7.53. The number of aromatic nitrogens is 1. The minimum Gasteiger partial charge on any atom is -0.508 e. The zero-order valence-corrected chi connectivity index (χ0v) is 17.1. The molecule has 0 saturated carbocycles. The van der Waals surface area contributed by atoms with Gasteiger partial charge in [0.05, 0.1) is 22.5 Å². The molecule has 0 atom stereocenters. The van der Waals surface area contributed by atoms with Crippen LogP contribution in [-0.4, -0.2) is 15.2 Å². The monoisotopic (exact) mass is 475 g/mol. The summed E-state index contributed by atoms with van der Waals surface area (Å²) in [4.78, 5) is 4.49. The van der Waals surface area contributed by atoms with Crippen LogP contribution in [0, 0.1) is 0 Å². The van der Waals surface area contributed by atoms with Crippen molar-refractivity contribution < 1.29 is 36.6 Å². The number of pyridine rings is 1. The zero-order valence-electron chi connectivity index (χ0n) is 17.1. The minimum absolute atomic E-state index is 0.0219. The summed E-state index contributed by atoms with van der Waals surface area (Å²) in [6.45, 7) is 0. The second kappa shape index (κ2) is 8.40. The number of rotatable bonds is 3. The molecule has 2 N–H and O–H groups in total. The molecule has 1 heterocycles. The molecule has 1 aromatic heterocycles. The lowest BCUT2D eigenvalue weighted by Gasteiger charge is -2.16. The molecule has 3 aromatic carbocycles. The summed E-state index contributed by atoms with van der Waals surface area (Å²) in [6, 6.07) is 15.8. The van der Waals surface area contributed by atoms with Crippen molar-refractivity contribution in [3.05, 3.63) is 90.0 Å². The van der Waals surface area contributed by atoms with Crippen LogP contribution in [0.3, 0.4) is 0 Å². The first-order chi connectivity index (χ1) is 15.9. The highest BCUT2D eigenvalue weighted by Crippen LogP contribution is 2.40. The molecule has 3 nitrogen and oxygen atoms in total. The van der Waals surface area contributed by atoms with Crippen molar-refractivity contribution in [3.8, 4) is 45.1 Å². The maximum atomic E-state index is 13.4. The second-order valence-corrected chi connectivity index (χ2v) is 7.51. The van der Waals surface area contributed by atoms with Crippen LogP contribution in [0.5, 0.6) is 11.5 Å². The summed E-state index contributed by atoms with van der Waals surface area (Å²) in [6.07, 6.45) is -9.97. The Morgan fingerprint density at radius 3 is 1.18 bits per heavy atom. The quantitative estimate of drug-likeness (QED) is 0.301. The van der Waals surface area contributed by atoms with E-state index in [-0.39, 0.29) is 40.1 Å². The third kappa shape index (κ3) is 4.98. The Kier molecular flexibility index (Phi) is 5.72. The Bertz CT molecular complexity index is 1230. The Balaban J connectivity index is 1.97. The highest BCUT2D eigenvalue weighted by atomic mass is 19.4. The van der Waals surface area contributed by atoms with Crippen LogP contribution in [0.1, 0.15) is 11.1 Å². The normalized spacial score (nSPS) is 12.1. The minimum atomic E-state index is -4.98. The number of benzene rings is 3. The Hall–Kier alpha value is -4.01. The van der Waals surface area contributed by atoms with Gasteiger partial charge in [-0.05, 0) is 90.0 Å². The summed E-state index contributed by atoms with van der Waals surface area (Å²) in [5.41, 5.74) is -1.54. The zero-order chi connectivity index (χ0) is 24.7. The lowest BCUT2D eigenvalue weighted by Crippen LogP contribution is -2.11. The fourth-order valence-corrected chi connectivity index (χ4v) is 3.38. The Labute approximate surface area is 189 Å². The number of phenolic OH excluding ortho intramolecular Hbond substituents is 2. The molecule has 34 heavy (non-hydrogen) atoms. The average molecular weight is 475 g/mol. The van der Waals surface area contributed by atoms with Gasteiger partial charge in [0.25, 0.3) is 0 Å². The molecule has 0 radical (unpaired) electrons. The number of nitrogens with zero attached hydrogens (tertiary/aromatic N) is 1. The molecule has 174 valence electrons. The van der Waals surface area contributed by atoms with E-state index < -0.39 is 23.5 Å². The van der Waals surface area contributed by atoms with Gasteiger partial charge in [-0.15, -0.1) is 0 Å². The molecule has 0 spiro atoms. The van der Waals surface area contributed by atoms with Gasteiger partial charge in [0.2, 0.25) is 0 Å². The fraction of sp³-hybridized carbons (Fsp3) is 0.0800. The first-order valence-electron chi connectivity index (χ1n) is 9.81. The lowest BCUT2D eigenvalue weighted by molar-refractivity contribution is -0.143. The molecule has 4 rings (SSSR count). The SMILES string of the molecule is Oc1ccc(-c2cc(-c3cc(C(F)(F)F)cc(C(F)(F)F)c3)cc(-c3ccc(O)cc3)n2)cc1. The predicted molar refractivity (Wildman–Crippen MR) is 114 cm³/mol. The van der Waals surface area contributed by atoms with Gasteiger partial charge in [-0.1, -0.05) is 0 Å². The molecule has 0 aliphatic rings. The molecule has 0 bridgehead atoms. The van der Waals surface area contributed by atoms with Crippen molar-refractivity contribution in [3.63, 3.8) is 0 Å². The molecule has 0 amide bonds. The van der Waals surface area contributed by atoms with Gasteiger partial charge in [0.1, 0.15) is 11.5 Å². The van der Waals surface area contributed by atoms with Gasteiger partial charge < -0.3 is 10.2 Å². The Morgan fingerprint density at radius 2 is 0.824 bits per heavy atom. The van der Waals surface area contributed by atoms with E-state index in [4.69, 9.17) is 0 Å². The number of phenols is 2. The summed E-state index contributed by atoms with van der Waals surface area (Å²) in [5.74, 6) is -0.0438. The van der Waals surface area contributed by atoms with Gasteiger partial charge in [0, 0.05) is 11.1 Å². The third-order valence-electron chi connectivity index (χ3n) is 5.07. The van der Waals surface area contributed by atoms with E-state index in [1.807, 2.05) is 0 Å². The van der Waals surface area contributed by atoms with Crippen LogP contribution in [-0.2, 0) is 12.4 Å². The highest BCUT2D eigenvalue weighted by molar-refractivity contribution is 5.77. The average Bonchev–Trinajstić information content (AvgIpc) is 2.78. The van der Waals surface area contributed by atoms with Crippen molar-refractivity contribution in [2.75, 3.05) is 0 Å². The van der Waals surface area contributed by atoms with Crippen LogP contribution in [0.15, 0.2) is 78.9 Å². The van der Waals surface area contributed by atoms with E-state index in [2.05, 4.69) is 4.98 Å². The molecular weight excluding hydrogens is 460 g/mol. The standard InChI is InChI=1S/C25H15F6NO2/c26-24(27,28)18-9-16(10-19(13-18)25(29,30)31)17-11-22(14-1-5-20(33)6-2-14)32-23(12-17)15-3-7-21(34)8-4-15/h1-13,33-34H. The van der Waals surface area contributed by atoms with Gasteiger partial charge in [-0.3, -0.25) is 0 Å². The Morgan fingerprint density at radius 1 is 0.471 bits per heavy atom. The van der Waals surface area contributed by atoms with Crippen LogP contribution >= 0.6 is 0 Å². The number of halogens is 6. The highest BCUT2D eigenvalue weighted by Gasteiger charge is 2.37. The number of hydrogen-bond donors (Lipinski definition) is 2. The van der Waals surface area contributed by atoms with E-state index in [0.29, 0.717) is 23.3 Å². The van der Waals surface area contributed by atoms with Gasteiger partial charge >= 0.3 is 12.4 Å².